The zero-order chi connectivity index (χ0) is 15.6. The number of alkyl halides is 2. The first-order chi connectivity index (χ1) is 9.97. The predicted molar refractivity (Wildman–Crippen MR) is 67.0 cm³/mol. The van der Waals surface area contributed by atoms with Gasteiger partial charge in [-0.2, -0.15) is 0 Å². The number of hydrogen-bond acceptors (Lipinski definition) is 5. The van der Waals surface area contributed by atoms with Crippen LogP contribution < -0.4 is 9.47 Å². The van der Waals surface area contributed by atoms with Crippen LogP contribution in [0.25, 0.3) is 11.3 Å². The Kier molecular flexibility index (Phi) is 4.06. The van der Waals surface area contributed by atoms with E-state index in [2.05, 4.69) is 5.16 Å². The van der Waals surface area contributed by atoms with Crippen molar-refractivity contribution < 1.29 is 32.7 Å². The fourth-order valence-corrected chi connectivity index (χ4v) is 1.81. The Labute approximate surface area is 117 Å². The van der Waals surface area contributed by atoms with Crippen LogP contribution >= 0.6 is 0 Å². The number of ether oxygens (including phenoxy) is 2. The van der Waals surface area contributed by atoms with Gasteiger partial charge in [0.1, 0.15) is 0 Å². The predicted octanol–water partition coefficient (Wildman–Crippen LogP) is 2.99. The molecule has 6 nitrogen and oxygen atoms in total. The van der Waals surface area contributed by atoms with E-state index in [-0.39, 0.29) is 34.1 Å². The highest BCUT2D eigenvalue weighted by atomic mass is 19.3. The van der Waals surface area contributed by atoms with Crippen LogP contribution in [0.15, 0.2) is 22.7 Å². The zero-order valence-electron chi connectivity index (χ0n) is 11.1. The maximum absolute atomic E-state index is 13.1. The molecule has 0 aliphatic rings. The minimum absolute atomic E-state index is 0.0373. The Bertz CT molecular complexity index is 669. The number of rotatable bonds is 5. The van der Waals surface area contributed by atoms with Crippen molar-refractivity contribution in [2.24, 2.45) is 0 Å². The van der Waals surface area contributed by atoms with Crippen molar-refractivity contribution >= 4 is 5.97 Å². The Morgan fingerprint density at radius 2 is 2.00 bits per heavy atom. The van der Waals surface area contributed by atoms with Gasteiger partial charge in [0.05, 0.1) is 19.8 Å². The molecule has 1 heterocycles. The number of carbonyl (C=O) groups is 1. The lowest BCUT2D eigenvalue weighted by molar-refractivity contribution is 0.0685. The van der Waals surface area contributed by atoms with Crippen molar-refractivity contribution in [2.75, 3.05) is 14.2 Å². The molecule has 2 rings (SSSR count). The molecule has 1 N–H and O–H groups in total. The monoisotopic (exact) mass is 299 g/mol. The van der Waals surface area contributed by atoms with Crippen LogP contribution in [-0.4, -0.2) is 30.5 Å². The lowest BCUT2D eigenvalue weighted by atomic mass is 10.1. The van der Waals surface area contributed by atoms with E-state index in [4.69, 9.17) is 19.1 Å². The normalized spacial score (nSPS) is 10.7. The average Bonchev–Trinajstić information content (AvgIpc) is 2.95. The summed E-state index contributed by atoms with van der Waals surface area (Å²) < 4.78 is 40.9. The molecule has 0 aliphatic heterocycles. The summed E-state index contributed by atoms with van der Waals surface area (Å²) >= 11 is 0. The molecule has 0 aliphatic carbocycles. The van der Waals surface area contributed by atoms with Gasteiger partial charge in [-0.25, -0.2) is 13.6 Å². The Morgan fingerprint density at radius 3 is 2.48 bits per heavy atom. The van der Waals surface area contributed by atoms with Crippen LogP contribution in [0.2, 0.25) is 0 Å². The third-order valence-electron chi connectivity index (χ3n) is 2.76. The second-order valence-electron chi connectivity index (χ2n) is 3.98. The molecule has 112 valence electrons. The highest BCUT2D eigenvalue weighted by molar-refractivity contribution is 5.86. The summed E-state index contributed by atoms with van der Waals surface area (Å²) in [7, 11) is 2.56. The van der Waals surface area contributed by atoms with Gasteiger partial charge in [0.2, 0.25) is 0 Å². The van der Waals surface area contributed by atoms with Gasteiger partial charge in [-0.15, -0.1) is 0 Å². The summed E-state index contributed by atoms with van der Waals surface area (Å²) in [6.07, 6.45) is -2.80. The molecule has 8 heteroatoms. The fourth-order valence-electron chi connectivity index (χ4n) is 1.81. The van der Waals surface area contributed by atoms with Crippen LogP contribution in [-0.2, 0) is 0 Å². The minimum atomic E-state index is -2.80. The van der Waals surface area contributed by atoms with Crippen molar-refractivity contribution in [1.29, 1.82) is 0 Å². The van der Waals surface area contributed by atoms with E-state index >= 15 is 0 Å². The summed E-state index contributed by atoms with van der Waals surface area (Å²) in [4.78, 5) is 10.8. The third-order valence-corrected chi connectivity index (χ3v) is 2.76. The van der Waals surface area contributed by atoms with Crippen molar-refractivity contribution in [1.82, 2.24) is 5.16 Å². The molecule has 0 saturated heterocycles. The quantitative estimate of drug-likeness (QED) is 0.914. The number of hydrogen-bond donors (Lipinski definition) is 1. The molecular formula is C13H11F2NO5. The first-order valence-corrected chi connectivity index (χ1v) is 5.72. The van der Waals surface area contributed by atoms with Crippen molar-refractivity contribution in [2.45, 2.75) is 6.43 Å². The molecule has 0 unspecified atom stereocenters. The maximum Gasteiger partial charge on any atom is 0.358 e. The Hall–Kier alpha value is -2.64. The molecule has 0 amide bonds. The summed E-state index contributed by atoms with van der Waals surface area (Å²) in [5, 5.41) is 12.1. The van der Waals surface area contributed by atoms with Gasteiger partial charge in [-0.1, -0.05) is 5.16 Å². The van der Waals surface area contributed by atoms with Gasteiger partial charge >= 0.3 is 5.97 Å². The topological polar surface area (TPSA) is 81.8 Å². The highest BCUT2D eigenvalue weighted by Crippen LogP contribution is 2.40. The van der Waals surface area contributed by atoms with Crippen LogP contribution in [0.3, 0.4) is 0 Å². The standard InChI is InChI=1S/C13H11F2NO5/c1-19-10-4-6(3-7(12(14)15)11(10)20-2)9-5-8(13(17)18)16-21-9/h3-5,12H,1-2H3,(H,17,18). The largest absolute Gasteiger partial charge is 0.493 e. The van der Waals surface area contributed by atoms with Gasteiger partial charge in [-0.05, 0) is 12.1 Å². The first-order valence-electron chi connectivity index (χ1n) is 5.72. The number of aromatic nitrogens is 1. The lowest BCUT2D eigenvalue weighted by Gasteiger charge is -2.13. The van der Waals surface area contributed by atoms with E-state index in [0.717, 1.165) is 12.1 Å². The molecular weight excluding hydrogens is 288 g/mol. The molecule has 0 radical (unpaired) electrons. The maximum atomic E-state index is 13.1. The number of methoxy groups -OCH3 is 2. The van der Waals surface area contributed by atoms with Gasteiger partial charge in [0, 0.05) is 11.6 Å². The number of carboxylic acid groups (broad SMARTS) is 1. The molecule has 0 bridgehead atoms. The third kappa shape index (κ3) is 2.78. The Balaban J connectivity index is 2.58. The van der Waals surface area contributed by atoms with Crippen LogP contribution in [0.1, 0.15) is 22.5 Å². The number of aromatic carboxylic acids is 1. The number of halogens is 2. The number of benzene rings is 1. The number of nitrogens with zero attached hydrogens (tertiary/aromatic N) is 1. The molecule has 0 saturated carbocycles. The van der Waals surface area contributed by atoms with E-state index in [1.54, 1.807) is 0 Å². The first kappa shape index (κ1) is 14.8. The smallest absolute Gasteiger partial charge is 0.358 e. The molecule has 21 heavy (non-hydrogen) atoms. The van der Waals surface area contributed by atoms with E-state index in [1.165, 1.54) is 20.3 Å². The summed E-state index contributed by atoms with van der Waals surface area (Å²) in [6.45, 7) is 0. The minimum Gasteiger partial charge on any atom is -0.493 e. The Morgan fingerprint density at radius 1 is 1.29 bits per heavy atom. The zero-order valence-corrected chi connectivity index (χ0v) is 11.1. The van der Waals surface area contributed by atoms with Crippen LogP contribution in [0, 0.1) is 0 Å². The molecule has 1 aromatic carbocycles. The van der Waals surface area contributed by atoms with Crippen molar-refractivity contribution in [3.63, 3.8) is 0 Å². The average molecular weight is 299 g/mol. The van der Waals surface area contributed by atoms with E-state index in [0.29, 0.717) is 0 Å². The van der Waals surface area contributed by atoms with E-state index in [9.17, 15) is 13.6 Å². The number of carboxylic acids is 1. The van der Waals surface area contributed by atoms with Gasteiger partial charge in [-0.3, -0.25) is 0 Å². The van der Waals surface area contributed by atoms with E-state index < -0.39 is 12.4 Å². The van der Waals surface area contributed by atoms with E-state index in [1.807, 2.05) is 0 Å². The van der Waals surface area contributed by atoms with Gasteiger partial charge < -0.3 is 19.1 Å². The van der Waals surface area contributed by atoms with Gasteiger partial charge in [0.15, 0.2) is 23.0 Å². The molecule has 0 atom stereocenters. The summed E-state index contributed by atoms with van der Waals surface area (Å²) in [5.41, 5.74) is -0.499. The summed E-state index contributed by atoms with van der Waals surface area (Å²) in [5.74, 6) is -1.25. The fraction of sp³-hybridized carbons (Fsp3) is 0.231. The SMILES string of the molecule is COc1cc(-c2cc(C(=O)O)no2)cc(C(F)F)c1OC. The molecule has 0 fully saturated rings. The molecule has 2 aromatic rings. The van der Waals surface area contributed by atoms with Crippen molar-refractivity contribution in [3.05, 3.63) is 29.5 Å². The highest BCUT2D eigenvalue weighted by Gasteiger charge is 2.22. The van der Waals surface area contributed by atoms with Crippen molar-refractivity contribution in [3.8, 4) is 22.8 Å². The second kappa shape index (κ2) is 5.78. The second-order valence-corrected chi connectivity index (χ2v) is 3.98. The van der Waals surface area contributed by atoms with Crippen LogP contribution in [0.5, 0.6) is 11.5 Å². The van der Waals surface area contributed by atoms with Gasteiger partial charge in [0.25, 0.3) is 6.43 Å². The van der Waals surface area contributed by atoms with Crippen LogP contribution in [0.4, 0.5) is 8.78 Å². The summed E-state index contributed by atoms with van der Waals surface area (Å²) in [6, 6.07) is 3.67. The molecule has 0 spiro atoms. The molecule has 1 aromatic heterocycles. The lowest BCUT2D eigenvalue weighted by Crippen LogP contribution is -1.97.